The summed E-state index contributed by atoms with van der Waals surface area (Å²) in [6.45, 7) is 3.23. The third-order valence-electron chi connectivity index (χ3n) is 2.51. The predicted octanol–water partition coefficient (Wildman–Crippen LogP) is 2.75. The van der Waals surface area contributed by atoms with Gasteiger partial charge < -0.3 is 5.73 Å². The van der Waals surface area contributed by atoms with E-state index >= 15 is 0 Å². The van der Waals surface area contributed by atoms with Crippen LogP contribution < -0.4 is 5.73 Å². The fourth-order valence-corrected chi connectivity index (χ4v) is 1.98. The molecule has 0 aliphatic rings. The fraction of sp³-hybridized carbons (Fsp3) is 0.167. The van der Waals surface area contributed by atoms with Crippen molar-refractivity contribution in [1.82, 2.24) is 9.78 Å². The number of rotatable bonds is 1. The van der Waals surface area contributed by atoms with Gasteiger partial charge in [0.15, 0.2) is 0 Å². The predicted molar refractivity (Wildman–Crippen MR) is 68.1 cm³/mol. The number of carbonyl (C=O) groups excluding carboxylic acids is 1. The molecule has 0 saturated carbocycles. The first-order valence-electron chi connectivity index (χ1n) is 5.12. The molecule has 1 aromatic carbocycles. The number of aromatic nitrogens is 2. The number of hydrogen-bond donors (Lipinski definition) is 1. The Morgan fingerprint density at radius 2 is 2.18 bits per heavy atom. The van der Waals surface area contributed by atoms with E-state index in [1.165, 1.54) is 11.6 Å². The van der Waals surface area contributed by atoms with E-state index in [0.29, 0.717) is 16.5 Å². The minimum Gasteiger partial charge on any atom is -0.383 e. The molecule has 0 spiro atoms. The van der Waals surface area contributed by atoms with Crippen molar-refractivity contribution in [1.29, 1.82) is 0 Å². The summed E-state index contributed by atoms with van der Waals surface area (Å²) in [6, 6.07) is 7.30. The van der Waals surface area contributed by atoms with Gasteiger partial charge in [0.05, 0.1) is 5.69 Å². The molecule has 0 saturated heterocycles. The quantitative estimate of drug-likeness (QED) is 0.845. The molecule has 0 unspecified atom stereocenters. The highest BCUT2D eigenvalue weighted by atomic mass is 35.5. The Labute approximate surface area is 104 Å². The molecule has 5 heteroatoms. The molecule has 88 valence electrons. The molecular weight excluding hydrogens is 238 g/mol. The molecule has 2 rings (SSSR count). The van der Waals surface area contributed by atoms with Crippen LogP contribution in [0.4, 0.5) is 5.82 Å². The van der Waals surface area contributed by atoms with Crippen LogP contribution in [-0.2, 0) is 0 Å². The molecule has 0 amide bonds. The zero-order chi connectivity index (χ0) is 12.6. The van der Waals surface area contributed by atoms with Gasteiger partial charge in [-0.1, -0.05) is 23.7 Å². The third kappa shape index (κ3) is 2.03. The molecule has 2 aromatic rings. The first-order valence-corrected chi connectivity index (χ1v) is 5.50. The number of halogens is 1. The number of nitrogens with zero attached hydrogens (tertiary/aromatic N) is 2. The number of nitrogen functional groups attached to an aromatic ring is 1. The van der Waals surface area contributed by atoms with Crippen LogP contribution in [0.3, 0.4) is 0 Å². The lowest BCUT2D eigenvalue weighted by Gasteiger charge is -2.02. The first kappa shape index (κ1) is 11.7. The molecule has 4 nitrogen and oxygen atoms in total. The number of nitrogens with two attached hydrogens (primary N) is 1. The van der Waals surface area contributed by atoms with Gasteiger partial charge in [0.1, 0.15) is 5.82 Å². The molecule has 17 heavy (non-hydrogen) atoms. The Morgan fingerprint density at radius 3 is 2.71 bits per heavy atom. The topological polar surface area (TPSA) is 60.9 Å². The van der Waals surface area contributed by atoms with Gasteiger partial charge in [0.2, 0.25) is 5.91 Å². The molecule has 1 aromatic heterocycles. The van der Waals surface area contributed by atoms with Crippen LogP contribution in [0.2, 0.25) is 5.02 Å². The lowest BCUT2D eigenvalue weighted by molar-refractivity contribution is 0.0924. The molecule has 1 heterocycles. The van der Waals surface area contributed by atoms with Crippen molar-refractivity contribution >= 4 is 23.3 Å². The minimum atomic E-state index is -0.209. The zero-order valence-electron chi connectivity index (χ0n) is 9.57. The Morgan fingerprint density at radius 1 is 1.47 bits per heavy atom. The Balaban J connectivity index is 2.64. The van der Waals surface area contributed by atoms with Gasteiger partial charge in [-0.05, 0) is 24.6 Å². The van der Waals surface area contributed by atoms with Gasteiger partial charge in [0, 0.05) is 17.5 Å². The van der Waals surface area contributed by atoms with Crippen molar-refractivity contribution in [2.75, 3.05) is 5.73 Å². The Bertz CT molecular complexity index is 589. The van der Waals surface area contributed by atoms with Crippen molar-refractivity contribution in [3.63, 3.8) is 0 Å². The van der Waals surface area contributed by atoms with Crippen molar-refractivity contribution in [3.05, 3.63) is 35.0 Å². The summed E-state index contributed by atoms with van der Waals surface area (Å²) in [4.78, 5) is 11.3. The maximum Gasteiger partial charge on any atom is 0.245 e. The second-order valence-corrected chi connectivity index (χ2v) is 4.22. The maximum absolute atomic E-state index is 11.3. The zero-order valence-corrected chi connectivity index (χ0v) is 10.3. The van der Waals surface area contributed by atoms with Gasteiger partial charge in [-0.15, -0.1) is 0 Å². The smallest absolute Gasteiger partial charge is 0.245 e. The van der Waals surface area contributed by atoms with E-state index in [9.17, 15) is 4.79 Å². The Kier molecular flexibility index (Phi) is 2.90. The first-order chi connectivity index (χ1) is 8.00. The molecule has 0 aliphatic heterocycles. The highest BCUT2D eigenvalue weighted by molar-refractivity contribution is 6.30. The highest BCUT2D eigenvalue weighted by Crippen LogP contribution is 2.30. The molecule has 0 radical (unpaired) electrons. The van der Waals surface area contributed by atoms with Crippen molar-refractivity contribution in [2.45, 2.75) is 13.8 Å². The summed E-state index contributed by atoms with van der Waals surface area (Å²) in [6.07, 6.45) is 0. The SMILES string of the molecule is CC(=O)n1nc(C)c(-c2cccc(Cl)c2)c1N. The second-order valence-electron chi connectivity index (χ2n) is 3.79. The monoisotopic (exact) mass is 249 g/mol. The number of carbonyl (C=O) groups is 1. The van der Waals surface area contributed by atoms with Crippen molar-refractivity contribution in [2.24, 2.45) is 0 Å². The van der Waals surface area contributed by atoms with E-state index in [-0.39, 0.29) is 5.91 Å². The van der Waals surface area contributed by atoms with E-state index < -0.39 is 0 Å². The van der Waals surface area contributed by atoms with Crippen LogP contribution in [0, 0.1) is 6.92 Å². The third-order valence-corrected chi connectivity index (χ3v) is 2.74. The number of hydrogen-bond acceptors (Lipinski definition) is 3. The van der Waals surface area contributed by atoms with Crippen LogP contribution in [0.5, 0.6) is 0 Å². The summed E-state index contributed by atoms with van der Waals surface area (Å²) in [5.74, 6) is 0.135. The maximum atomic E-state index is 11.3. The summed E-state index contributed by atoms with van der Waals surface area (Å²) in [5.41, 5.74) is 8.25. The van der Waals surface area contributed by atoms with Crippen LogP contribution in [0.1, 0.15) is 17.4 Å². The number of anilines is 1. The molecule has 2 N–H and O–H groups in total. The second kappa shape index (κ2) is 4.22. The molecular formula is C12H12ClN3O. The highest BCUT2D eigenvalue weighted by Gasteiger charge is 2.16. The van der Waals surface area contributed by atoms with Crippen LogP contribution >= 0.6 is 11.6 Å². The summed E-state index contributed by atoms with van der Waals surface area (Å²) in [5, 5.41) is 4.74. The molecule has 0 bridgehead atoms. The van der Waals surface area contributed by atoms with Gasteiger partial charge >= 0.3 is 0 Å². The lowest BCUT2D eigenvalue weighted by atomic mass is 10.1. The summed E-state index contributed by atoms with van der Waals surface area (Å²) >= 11 is 5.93. The van der Waals surface area contributed by atoms with Gasteiger partial charge in [-0.2, -0.15) is 9.78 Å². The Hall–Kier alpha value is -1.81. The van der Waals surface area contributed by atoms with Crippen molar-refractivity contribution in [3.8, 4) is 11.1 Å². The average molecular weight is 250 g/mol. The van der Waals surface area contributed by atoms with Gasteiger partial charge in [-0.3, -0.25) is 4.79 Å². The largest absolute Gasteiger partial charge is 0.383 e. The average Bonchev–Trinajstić information content (AvgIpc) is 2.54. The molecule has 0 atom stereocenters. The van der Waals surface area contributed by atoms with E-state index in [0.717, 1.165) is 11.1 Å². The van der Waals surface area contributed by atoms with Crippen LogP contribution in [0.25, 0.3) is 11.1 Å². The van der Waals surface area contributed by atoms with Gasteiger partial charge in [-0.25, -0.2) is 0 Å². The minimum absolute atomic E-state index is 0.209. The number of benzene rings is 1. The summed E-state index contributed by atoms with van der Waals surface area (Å²) < 4.78 is 1.20. The molecule has 0 fully saturated rings. The lowest BCUT2D eigenvalue weighted by Crippen LogP contribution is -2.11. The van der Waals surface area contributed by atoms with E-state index in [4.69, 9.17) is 17.3 Å². The van der Waals surface area contributed by atoms with E-state index in [1.807, 2.05) is 19.1 Å². The van der Waals surface area contributed by atoms with Gasteiger partial charge in [0.25, 0.3) is 0 Å². The van der Waals surface area contributed by atoms with E-state index in [2.05, 4.69) is 5.10 Å². The summed E-state index contributed by atoms with van der Waals surface area (Å²) in [7, 11) is 0. The standard InChI is InChI=1S/C12H12ClN3O/c1-7-11(9-4-3-5-10(13)6-9)12(14)16(15-7)8(2)17/h3-6H,14H2,1-2H3. The van der Waals surface area contributed by atoms with E-state index in [1.54, 1.807) is 12.1 Å². The number of aryl methyl sites for hydroxylation is 1. The van der Waals surface area contributed by atoms with Crippen molar-refractivity contribution < 1.29 is 4.79 Å². The molecule has 0 aliphatic carbocycles. The van der Waals surface area contributed by atoms with Crippen LogP contribution in [0.15, 0.2) is 24.3 Å². The fourth-order valence-electron chi connectivity index (χ4n) is 1.79. The van der Waals surface area contributed by atoms with Crippen LogP contribution in [-0.4, -0.2) is 15.7 Å². The normalized spacial score (nSPS) is 10.5.